The van der Waals surface area contributed by atoms with Crippen molar-refractivity contribution in [2.75, 3.05) is 13.2 Å². The summed E-state index contributed by atoms with van der Waals surface area (Å²) in [7, 11) is 0. The van der Waals surface area contributed by atoms with Gasteiger partial charge in [-0.2, -0.15) is 13.2 Å². The van der Waals surface area contributed by atoms with E-state index in [2.05, 4.69) is 15.5 Å². The number of rotatable bonds is 7. The lowest BCUT2D eigenvalue weighted by atomic mass is 10.1. The zero-order chi connectivity index (χ0) is 24.5. The van der Waals surface area contributed by atoms with Crippen LogP contribution >= 0.6 is 11.6 Å². The van der Waals surface area contributed by atoms with E-state index in [0.29, 0.717) is 17.9 Å². The summed E-state index contributed by atoms with van der Waals surface area (Å²) in [6.07, 6.45) is 0.742. The molecule has 0 saturated carbocycles. The van der Waals surface area contributed by atoms with Crippen molar-refractivity contribution in [3.05, 3.63) is 58.0 Å². The molecule has 34 heavy (non-hydrogen) atoms. The molecule has 1 aliphatic heterocycles. The number of fused-ring (bicyclic) bond motifs is 2. The number of nitrogens with zero attached hydrogens (tertiary/aromatic N) is 3. The molecule has 4 rings (SSSR count). The first kappa shape index (κ1) is 23.9. The Morgan fingerprint density at radius 1 is 1.35 bits per heavy atom. The molecule has 11 heteroatoms. The fourth-order valence-electron chi connectivity index (χ4n) is 3.77. The molecule has 7 nitrogen and oxygen atoms in total. The van der Waals surface area contributed by atoms with Crippen LogP contribution in [0.5, 0.6) is 11.5 Å². The highest BCUT2D eigenvalue weighted by Gasteiger charge is 2.35. The molecule has 1 aliphatic rings. The van der Waals surface area contributed by atoms with E-state index in [1.165, 1.54) is 16.7 Å². The molecule has 0 radical (unpaired) electrons. The zero-order valence-electron chi connectivity index (χ0n) is 18.4. The Morgan fingerprint density at radius 3 is 2.88 bits per heavy atom. The van der Waals surface area contributed by atoms with Crippen LogP contribution in [0.25, 0.3) is 11.7 Å². The minimum atomic E-state index is -4.61. The maximum Gasteiger partial charge on any atom is 0.420 e. The van der Waals surface area contributed by atoms with Crippen LogP contribution < -0.4 is 14.8 Å². The van der Waals surface area contributed by atoms with Gasteiger partial charge in [0.15, 0.2) is 5.65 Å². The van der Waals surface area contributed by atoms with Crippen molar-refractivity contribution in [3.8, 4) is 11.5 Å². The third-order valence-corrected chi connectivity index (χ3v) is 5.44. The Kier molecular flexibility index (Phi) is 6.70. The predicted octanol–water partition coefficient (Wildman–Crippen LogP) is 4.50. The van der Waals surface area contributed by atoms with Gasteiger partial charge in [-0.1, -0.05) is 11.6 Å². The third-order valence-electron chi connectivity index (χ3n) is 5.24. The van der Waals surface area contributed by atoms with Gasteiger partial charge in [0, 0.05) is 42.8 Å². The fraction of sp³-hybridized carbons (Fsp3) is 0.348. The predicted molar refractivity (Wildman–Crippen MR) is 120 cm³/mol. The molecule has 180 valence electrons. The minimum Gasteiger partial charge on any atom is -0.493 e. The van der Waals surface area contributed by atoms with E-state index in [9.17, 15) is 18.0 Å². The average Bonchev–Trinajstić information content (AvgIpc) is 3.33. The smallest absolute Gasteiger partial charge is 0.420 e. The highest BCUT2D eigenvalue weighted by Crippen LogP contribution is 2.36. The lowest BCUT2D eigenvalue weighted by Gasteiger charge is -2.10. The number of aromatic nitrogens is 3. The normalized spacial score (nSPS) is 15.5. The summed E-state index contributed by atoms with van der Waals surface area (Å²) < 4.78 is 52.4. The van der Waals surface area contributed by atoms with E-state index in [4.69, 9.17) is 21.1 Å². The molecule has 1 unspecified atom stereocenters. The number of pyridine rings is 1. The summed E-state index contributed by atoms with van der Waals surface area (Å²) in [5.41, 5.74) is 0.466. The second kappa shape index (κ2) is 9.54. The number of hydrogen-bond acceptors (Lipinski definition) is 5. The van der Waals surface area contributed by atoms with Crippen molar-refractivity contribution < 1.29 is 27.4 Å². The maximum atomic E-state index is 13.2. The Labute approximate surface area is 198 Å². The standard InChI is InChI=1S/C23H22ClF3N4O3/c1-3-33-18-10-15-8-13(2)34-19(15)9-14(18)4-5-21(32)28-7-6-20-29-30-22-17(23(25,26)27)11-16(24)12-31(20)22/h4-5,9-13H,3,6-8H2,1-2H3,(H,28,32)/b5-4+. The maximum absolute atomic E-state index is 13.2. The van der Waals surface area contributed by atoms with Crippen molar-refractivity contribution in [2.24, 2.45) is 0 Å². The van der Waals surface area contributed by atoms with Gasteiger partial charge in [0.25, 0.3) is 0 Å². The molecule has 2 aromatic heterocycles. The van der Waals surface area contributed by atoms with Crippen LogP contribution in [-0.2, 0) is 23.8 Å². The average molecular weight is 495 g/mol. The van der Waals surface area contributed by atoms with Crippen LogP contribution in [0, 0.1) is 0 Å². The summed E-state index contributed by atoms with van der Waals surface area (Å²) in [5.74, 6) is 1.30. The van der Waals surface area contributed by atoms with E-state index in [0.717, 1.165) is 23.8 Å². The zero-order valence-corrected chi connectivity index (χ0v) is 19.2. The Balaban J connectivity index is 1.42. The highest BCUT2D eigenvalue weighted by atomic mass is 35.5. The molecule has 0 bridgehead atoms. The van der Waals surface area contributed by atoms with Crippen molar-refractivity contribution in [3.63, 3.8) is 0 Å². The van der Waals surface area contributed by atoms with E-state index in [1.807, 2.05) is 26.0 Å². The highest BCUT2D eigenvalue weighted by molar-refractivity contribution is 6.30. The molecule has 0 saturated heterocycles. The van der Waals surface area contributed by atoms with E-state index in [1.54, 1.807) is 6.08 Å². The number of carbonyl (C=O) groups excluding carboxylic acids is 1. The number of alkyl halides is 3. The molecule has 3 heterocycles. The van der Waals surface area contributed by atoms with Gasteiger partial charge in [-0.3, -0.25) is 9.20 Å². The molecule has 1 aromatic carbocycles. The van der Waals surface area contributed by atoms with Gasteiger partial charge in [0.2, 0.25) is 5.91 Å². The topological polar surface area (TPSA) is 77.8 Å². The van der Waals surface area contributed by atoms with Crippen LogP contribution in [-0.4, -0.2) is 39.8 Å². The SMILES string of the molecule is CCOc1cc2c(cc1/C=C/C(=O)NCCc1nnc3c(C(F)(F)F)cc(Cl)cn13)OC(C)C2. The number of nitrogens with one attached hydrogen (secondary N) is 1. The molecule has 0 aliphatic carbocycles. The molecule has 1 N–H and O–H groups in total. The molecule has 0 fully saturated rings. The summed E-state index contributed by atoms with van der Waals surface area (Å²) in [6, 6.07) is 4.58. The first-order chi connectivity index (χ1) is 16.2. The molecule has 3 aromatic rings. The van der Waals surface area contributed by atoms with Crippen molar-refractivity contribution in [1.29, 1.82) is 0 Å². The van der Waals surface area contributed by atoms with Gasteiger partial charge in [0.05, 0.1) is 11.6 Å². The number of hydrogen-bond donors (Lipinski definition) is 1. The van der Waals surface area contributed by atoms with E-state index >= 15 is 0 Å². The van der Waals surface area contributed by atoms with E-state index < -0.39 is 11.7 Å². The van der Waals surface area contributed by atoms with Gasteiger partial charge in [-0.15, -0.1) is 10.2 Å². The first-order valence-corrected chi connectivity index (χ1v) is 11.1. The number of benzene rings is 1. The summed E-state index contributed by atoms with van der Waals surface area (Å²) >= 11 is 5.85. The fourth-order valence-corrected chi connectivity index (χ4v) is 3.98. The largest absolute Gasteiger partial charge is 0.493 e. The quantitative estimate of drug-likeness (QED) is 0.489. The van der Waals surface area contributed by atoms with Crippen molar-refractivity contribution in [1.82, 2.24) is 19.9 Å². The number of halogens is 4. The van der Waals surface area contributed by atoms with Crippen molar-refractivity contribution >= 4 is 29.2 Å². The number of carbonyl (C=O) groups is 1. The van der Waals surface area contributed by atoms with Crippen LogP contribution in [0.4, 0.5) is 13.2 Å². The molecular formula is C23H22ClF3N4O3. The van der Waals surface area contributed by atoms with E-state index in [-0.39, 0.29) is 41.5 Å². The minimum absolute atomic E-state index is 0.0855. The molecule has 1 amide bonds. The Bertz CT molecular complexity index is 1260. The van der Waals surface area contributed by atoms with Crippen molar-refractivity contribution in [2.45, 2.75) is 39.0 Å². The molecule has 1 atom stereocenters. The van der Waals surface area contributed by atoms with Crippen LogP contribution in [0.1, 0.15) is 36.4 Å². The van der Waals surface area contributed by atoms with Gasteiger partial charge >= 0.3 is 6.18 Å². The van der Waals surface area contributed by atoms with Gasteiger partial charge in [-0.05, 0) is 38.1 Å². The monoisotopic (exact) mass is 494 g/mol. The summed E-state index contributed by atoms with van der Waals surface area (Å²) in [6.45, 7) is 4.49. The Hall–Kier alpha value is -3.27. The van der Waals surface area contributed by atoms with Gasteiger partial charge in [-0.25, -0.2) is 0 Å². The summed E-state index contributed by atoms with van der Waals surface area (Å²) in [4.78, 5) is 12.3. The Morgan fingerprint density at radius 2 is 2.15 bits per heavy atom. The molecular weight excluding hydrogens is 473 g/mol. The lowest BCUT2D eigenvalue weighted by Crippen LogP contribution is -2.24. The summed E-state index contributed by atoms with van der Waals surface area (Å²) in [5, 5.41) is 10.1. The van der Waals surface area contributed by atoms with Gasteiger partial charge < -0.3 is 14.8 Å². The second-order valence-electron chi connectivity index (χ2n) is 7.82. The molecule has 0 spiro atoms. The lowest BCUT2D eigenvalue weighted by molar-refractivity contribution is -0.136. The third kappa shape index (κ3) is 5.11. The second-order valence-corrected chi connectivity index (χ2v) is 8.25. The number of amides is 1. The van der Waals surface area contributed by atoms with Crippen LogP contribution in [0.3, 0.4) is 0 Å². The van der Waals surface area contributed by atoms with Gasteiger partial charge in [0.1, 0.15) is 29.0 Å². The van der Waals surface area contributed by atoms with Crippen LogP contribution in [0.15, 0.2) is 30.5 Å². The number of ether oxygens (including phenoxy) is 2. The first-order valence-electron chi connectivity index (χ1n) is 10.7. The van der Waals surface area contributed by atoms with Crippen LogP contribution in [0.2, 0.25) is 5.02 Å².